The Balaban J connectivity index is 2.09. The molecule has 0 unspecified atom stereocenters. The number of carbonyl (C=O) groups excluding carboxylic acids is 2. The van der Waals surface area contributed by atoms with Crippen molar-refractivity contribution in [3.05, 3.63) is 0 Å². The summed E-state index contributed by atoms with van der Waals surface area (Å²) in [6.07, 6.45) is 6.47. The van der Waals surface area contributed by atoms with E-state index in [1.54, 1.807) is 0 Å². The molecule has 0 aromatic carbocycles. The molecule has 6 heteroatoms. The normalized spacial score (nSPS) is 16.6. The highest BCUT2D eigenvalue weighted by Crippen LogP contribution is 2.26. The van der Waals surface area contributed by atoms with Gasteiger partial charge in [0.05, 0.1) is 38.1 Å². The minimum absolute atomic E-state index is 0.0518. The van der Waals surface area contributed by atoms with Gasteiger partial charge in [-0.15, -0.1) is 0 Å². The van der Waals surface area contributed by atoms with Crippen molar-refractivity contribution in [1.29, 1.82) is 0 Å². The van der Waals surface area contributed by atoms with Gasteiger partial charge in [0.2, 0.25) is 0 Å². The van der Waals surface area contributed by atoms with Crippen LogP contribution in [0.2, 0.25) is 0 Å². The van der Waals surface area contributed by atoms with Crippen LogP contribution in [0.5, 0.6) is 0 Å². The van der Waals surface area contributed by atoms with Crippen LogP contribution in [0.1, 0.15) is 65.2 Å². The summed E-state index contributed by atoms with van der Waals surface area (Å²) in [7, 11) is 0. The first-order valence-corrected chi connectivity index (χ1v) is 9.08. The van der Waals surface area contributed by atoms with Crippen molar-refractivity contribution >= 4 is 11.9 Å². The highest BCUT2D eigenvalue weighted by Gasteiger charge is 2.33. The molecule has 6 nitrogen and oxygen atoms in total. The van der Waals surface area contributed by atoms with Gasteiger partial charge in [-0.05, 0) is 12.8 Å². The van der Waals surface area contributed by atoms with Gasteiger partial charge in [0.25, 0.3) is 0 Å². The van der Waals surface area contributed by atoms with Crippen molar-refractivity contribution in [3.8, 4) is 0 Å². The van der Waals surface area contributed by atoms with E-state index in [0.717, 1.165) is 19.3 Å². The second kappa shape index (κ2) is 12.3. The van der Waals surface area contributed by atoms with Crippen LogP contribution in [0.15, 0.2) is 0 Å². The van der Waals surface area contributed by atoms with Gasteiger partial charge in [-0.25, -0.2) is 0 Å². The van der Waals surface area contributed by atoms with Gasteiger partial charge < -0.3 is 18.9 Å². The first-order valence-electron chi connectivity index (χ1n) is 9.08. The van der Waals surface area contributed by atoms with E-state index in [-0.39, 0.29) is 36.8 Å². The van der Waals surface area contributed by atoms with E-state index in [4.69, 9.17) is 18.9 Å². The van der Waals surface area contributed by atoms with E-state index < -0.39 is 0 Å². The van der Waals surface area contributed by atoms with Crippen LogP contribution in [0, 0.1) is 5.41 Å². The van der Waals surface area contributed by atoms with Crippen molar-refractivity contribution < 1.29 is 28.5 Å². The fraction of sp³-hybridized carbons (Fsp3) is 0.889. The standard InChI is InChI=1S/C18H32O6/c1-3-5-6-7-8-11-23-16(19)9-10-17(20)24-14-18(4-2)12-21-15-22-13-18/h3-15H2,1-2H3. The van der Waals surface area contributed by atoms with Gasteiger partial charge in [0.1, 0.15) is 13.4 Å². The summed E-state index contributed by atoms with van der Waals surface area (Å²) in [4.78, 5) is 23.4. The summed E-state index contributed by atoms with van der Waals surface area (Å²) in [6.45, 7) is 6.22. The second-order valence-corrected chi connectivity index (χ2v) is 6.46. The van der Waals surface area contributed by atoms with Gasteiger partial charge in [-0.2, -0.15) is 0 Å². The van der Waals surface area contributed by atoms with Gasteiger partial charge in [-0.3, -0.25) is 9.59 Å². The number of esters is 2. The molecule has 0 bridgehead atoms. The fourth-order valence-corrected chi connectivity index (χ4v) is 2.48. The minimum atomic E-state index is -0.381. The van der Waals surface area contributed by atoms with Crippen LogP contribution < -0.4 is 0 Å². The summed E-state index contributed by atoms with van der Waals surface area (Å²) in [5.74, 6) is -0.717. The molecular formula is C18H32O6. The Bertz CT molecular complexity index is 363. The number of hydrogen-bond acceptors (Lipinski definition) is 6. The first kappa shape index (κ1) is 20.9. The molecule has 1 aliphatic rings. The molecule has 24 heavy (non-hydrogen) atoms. The van der Waals surface area contributed by atoms with Crippen molar-refractivity contribution in [1.82, 2.24) is 0 Å². The highest BCUT2D eigenvalue weighted by atomic mass is 16.7. The van der Waals surface area contributed by atoms with Crippen LogP contribution in [-0.2, 0) is 28.5 Å². The molecule has 0 amide bonds. The quantitative estimate of drug-likeness (QED) is 0.400. The molecule has 0 radical (unpaired) electrons. The topological polar surface area (TPSA) is 71.1 Å². The van der Waals surface area contributed by atoms with E-state index in [1.807, 2.05) is 6.92 Å². The molecule has 140 valence electrons. The molecule has 1 fully saturated rings. The predicted octanol–water partition coefficient (Wildman–Crippen LogP) is 3.22. The number of hydrogen-bond donors (Lipinski definition) is 0. The average molecular weight is 344 g/mol. The number of ether oxygens (including phenoxy) is 4. The molecular weight excluding hydrogens is 312 g/mol. The van der Waals surface area contributed by atoms with Crippen molar-refractivity contribution in [2.45, 2.75) is 65.2 Å². The lowest BCUT2D eigenvalue weighted by Gasteiger charge is -2.35. The van der Waals surface area contributed by atoms with Crippen molar-refractivity contribution in [2.75, 3.05) is 33.2 Å². The Hall–Kier alpha value is -1.14. The molecule has 0 aromatic heterocycles. The maximum atomic E-state index is 11.8. The summed E-state index contributed by atoms with van der Waals surface area (Å²) in [5, 5.41) is 0. The fourth-order valence-electron chi connectivity index (χ4n) is 2.48. The molecule has 0 aliphatic carbocycles. The largest absolute Gasteiger partial charge is 0.466 e. The Morgan fingerprint density at radius 1 is 0.917 bits per heavy atom. The van der Waals surface area contributed by atoms with Gasteiger partial charge in [0, 0.05) is 0 Å². The number of unbranched alkanes of at least 4 members (excludes halogenated alkanes) is 4. The Morgan fingerprint density at radius 3 is 2.17 bits per heavy atom. The molecule has 1 saturated heterocycles. The first-order chi connectivity index (χ1) is 11.6. The van der Waals surface area contributed by atoms with Crippen molar-refractivity contribution in [2.24, 2.45) is 5.41 Å². The maximum Gasteiger partial charge on any atom is 0.306 e. The summed E-state index contributed by atoms with van der Waals surface area (Å²) >= 11 is 0. The number of carbonyl (C=O) groups is 2. The predicted molar refractivity (Wildman–Crippen MR) is 89.4 cm³/mol. The Labute approximate surface area is 145 Å². The zero-order valence-corrected chi connectivity index (χ0v) is 15.1. The molecule has 0 saturated carbocycles. The van der Waals surface area contributed by atoms with E-state index >= 15 is 0 Å². The van der Waals surface area contributed by atoms with E-state index in [0.29, 0.717) is 26.6 Å². The third kappa shape index (κ3) is 8.64. The zero-order valence-electron chi connectivity index (χ0n) is 15.1. The molecule has 0 spiro atoms. The zero-order chi connectivity index (χ0) is 17.7. The molecule has 1 rings (SSSR count). The minimum Gasteiger partial charge on any atom is -0.466 e. The lowest BCUT2D eigenvalue weighted by atomic mass is 9.87. The Morgan fingerprint density at radius 2 is 1.54 bits per heavy atom. The SMILES string of the molecule is CCCCCCCOC(=O)CCC(=O)OCC1(CC)COCOC1. The molecule has 1 heterocycles. The van der Waals surface area contributed by atoms with Crippen molar-refractivity contribution in [3.63, 3.8) is 0 Å². The Kier molecular flexibility index (Phi) is 10.7. The van der Waals surface area contributed by atoms with Gasteiger partial charge >= 0.3 is 11.9 Å². The number of rotatable bonds is 12. The highest BCUT2D eigenvalue weighted by molar-refractivity contribution is 5.77. The second-order valence-electron chi connectivity index (χ2n) is 6.46. The van der Waals surface area contributed by atoms with Gasteiger partial charge in [-0.1, -0.05) is 39.5 Å². The average Bonchev–Trinajstić information content (AvgIpc) is 2.62. The van der Waals surface area contributed by atoms with Crippen LogP contribution in [0.4, 0.5) is 0 Å². The lowest BCUT2D eigenvalue weighted by molar-refractivity contribution is -0.187. The maximum absolute atomic E-state index is 11.8. The summed E-state index contributed by atoms with van der Waals surface area (Å²) < 4.78 is 21.0. The van der Waals surface area contributed by atoms with Crippen LogP contribution in [-0.4, -0.2) is 45.2 Å². The molecule has 0 atom stereocenters. The summed E-state index contributed by atoms with van der Waals surface area (Å²) in [5.41, 5.74) is -0.271. The molecule has 1 aliphatic heterocycles. The van der Waals surface area contributed by atoms with E-state index in [1.165, 1.54) is 19.3 Å². The lowest BCUT2D eigenvalue weighted by Crippen LogP contribution is -2.41. The molecule has 0 N–H and O–H groups in total. The monoisotopic (exact) mass is 344 g/mol. The van der Waals surface area contributed by atoms with Crippen LogP contribution in [0.3, 0.4) is 0 Å². The third-order valence-corrected chi connectivity index (χ3v) is 4.32. The third-order valence-electron chi connectivity index (χ3n) is 4.32. The molecule has 0 aromatic rings. The summed E-state index contributed by atoms with van der Waals surface area (Å²) in [6, 6.07) is 0. The van der Waals surface area contributed by atoms with E-state index in [9.17, 15) is 9.59 Å². The van der Waals surface area contributed by atoms with Crippen LogP contribution >= 0.6 is 0 Å². The van der Waals surface area contributed by atoms with Crippen LogP contribution in [0.25, 0.3) is 0 Å². The smallest absolute Gasteiger partial charge is 0.306 e. The van der Waals surface area contributed by atoms with E-state index in [2.05, 4.69) is 6.92 Å². The van der Waals surface area contributed by atoms with Gasteiger partial charge in [0.15, 0.2) is 0 Å².